The fourth-order valence-corrected chi connectivity index (χ4v) is 8.79. The minimum Gasteiger partial charge on any atom is -0.480 e. The van der Waals surface area contributed by atoms with Crippen LogP contribution in [-0.2, 0) is 39.9 Å². The maximum atomic E-state index is 14.5. The molecule has 1 aromatic carbocycles. The fraction of sp³-hybridized carbons (Fsp3) is 0.732. The van der Waals surface area contributed by atoms with E-state index in [1.807, 2.05) is 46.4 Å². The Balaban J connectivity index is 1.84. The summed E-state index contributed by atoms with van der Waals surface area (Å²) >= 11 is 6.29. The lowest BCUT2D eigenvalue weighted by molar-refractivity contribution is -0.149. The molecule has 0 bridgehead atoms. The number of ether oxygens (including phenoxy) is 2. The van der Waals surface area contributed by atoms with Crippen molar-refractivity contribution in [3.05, 3.63) is 34.9 Å². The Morgan fingerprint density at radius 1 is 0.964 bits per heavy atom. The summed E-state index contributed by atoms with van der Waals surface area (Å²) in [6, 6.07) is 3.48. The van der Waals surface area contributed by atoms with Gasteiger partial charge in [0, 0.05) is 38.8 Å². The number of likely N-dealkylation sites (tertiary alicyclic amines) is 1. The average molecular weight is 792 g/mol. The molecule has 1 saturated heterocycles. The van der Waals surface area contributed by atoms with Crippen molar-refractivity contribution in [2.75, 3.05) is 28.3 Å². The number of fused-ring (bicyclic) bond motifs is 1. The third-order valence-electron chi connectivity index (χ3n) is 12.1. The molecule has 55 heavy (non-hydrogen) atoms. The first-order valence-electron chi connectivity index (χ1n) is 19.7. The van der Waals surface area contributed by atoms with Crippen molar-refractivity contribution >= 4 is 41.2 Å². The molecule has 13 nitrogen and oxygen atoms in total. The molecule has 12 atom stereocenters. The molecule has 2 aliphatic rings. The molecule has 0 spiro atoms. The quantitative estimate of drug-likeness (QED) is 0.144. The van der Waals surface area contributed by atoms with Gasteiger partial charge in [-0.1, -0.05) is 91.6 Å². The largest absolute Gasteiger partial charge is 0.480 e. The number of piperidine rings is 1. The van der Waals surface area contributed by atoms with Crippen molar-refractivity contribution < 1.29 is 38.6 Å². The number of nitrogens with one attached hydrogen (secondary N) is 3. The highest BCUT2D eigenvalue weighted by Gasteiger charge is 2.62. The molecule has 0 radical (unpaired) electrons. The highest BCUT2D eigenvalue weighted by Crippen LogP contribution is 2.54. The fourth-order valence-electron chi connectivity index (χ4n) is 8.57. The van der Waals surface area contributed by atoms with Crippen LogP contribution >= 0.6 is 11.6 Å². The number of carbonyl (C=O) groups is 5. The Labute approximate surface area is 332 Å². The summed E-state index contributed by atoms with van der Waals surface area (Å²) in [6.07, 6.45) is -0.0367. The molecular weight excluding hydrogens is 726 g/mol. The normalized spacial score (nSPS) is 23.5. The maximum absolute atomic E-state index is 14.5. The maximum Gasteiger partial charge on any atom is 0.326 e. The number of methoxy groups -OCH3 is 2. The molecule has 3 rings (SSSR count). The minimum absolute atomic E-state index is 0.00617. The van der Waals surface area contributed by atoms with Gasteiger partial charge in [0.2, 0.25) is 23.6 Å². The van der Waals surface area contributed by atoms with Crippen LogP contribution in [0.25, 0.3) is 0 Å². The molecular formula is C41H66ClN5O8. The summed E-state index contributed by atoms with van der Waals surface area (Å²) < 4.78 is 12.0. The summed E-state index contributed by atoms with van der Waals surface area (Å²) in [7, 11) is 6.48. The lowest BCUT2D eigenvalue weighted by atomic mass is 9.89. The molecule has 0 aromatic heterocycles. The Hall–Kier alpha value is -3.26. The lowest BCUT2D eigenvalue weighted by Crippen LogP contribution is -2.59. The number of nitrogens with zero attached hydrogens (tertiary/aromatic N) is 2. The molecule has 4 amide bonds. The molecule has 4 N–H and O–H groups in total. The third kappa shape index (κ3) is 10.8. The Morgan fingerprint density at radius 2 is 1.58 bits per heavy atom. The van der Waals surface area contributed by atoms with E-state index in [9.17, 15) is 29.1 Å². The number of halogens is 1. The number of aliphatic carboxylic acids is 1. The predicted octanol–water partition coefficient (Wildman–Crippen LogP) is 4.00. The first kappa shape index (κ1) is 46.1. The lowest BCUT2D eigenvalue weighted by Gasteiger charge is -2.41. The van der Waals surface area contributed by atoms with Crippen LogP contribution in [0, 0.1) is 35.5 Å². The van der Waals surface area contributed by atoms with E-state index in [1.165, 1.54) is 7.11 Å². The van der Waals surface area contributed by atoms with Gasteiger partial charge in [-0.3, -0.25) is 19.2 Å². The van der Waals surface area contributed by atoms with Gasteiger partial charge in [-0.2, -0.15) is 0 Å². The highest BCUT2D eigenvalue weighted by molar-refractivity contribution is 6.31. The van der Waals surface area contributed by atoms with Crippen LogP contribution in [0.15, 0.2) is 24.3 Å². The average Bonchev–Trinajstić information content (AvgIpc) is 3.56. The molecule has 3 unspecified atom stereocenters. The van der Waals surface area contributed by atoms with Gasteiger partial charge in [0.25, 0.3) is 0 Å². The van der Waals surface area contributed by atoms with Crippen LogP contribution in [0.2, 0.25) is 5.02 Å². The first-order valence-corrected chi connectivity index (χ1v) is 20.1. The van der Waals surface area contributed by atoms with Crippen LogP contribution in [0.4, 0.5) is 0 Å². The first-order chi connectivity index (χ1) is 25.9. The summed E-state index contributed by atoms with van der Waals surface area (Å²) in [4.78, 5) is 71.4. The Morgan fingerprint density at radius 3 is 2.09 bits per heavy atom. The van der Waals surface area contributed by atoms with Gasteiger partial charge in [-0.05, 0) is 54.7 Å². The van der Waals surface area contributed by atoms with Crippen molar-refractivity contribution in [3.63, 3.8) is 0 Å². The zero-order chi connectivity index (χ0) is 41.5. The molecule has 2 fully saturated rings. The number of rotatable bonds is 21. The van der Waals surface area contributed by atoms with Crippen LogP contribution in [0.3, 0.4) is 0 Å². The van der Waals surface area contributed by atoms with Crippen LogP contribution in [-0.4, -0.2) is 121 Å². The van der Waals surface area contributed by atoms with Gasteiger partial charge in [0.05, 0.1) is 42.7 Å². The van der Waals surface area contributed by atoms with E-state index in [2.05, 4.69) is 22.9 Å². The monoisotopic (exact) mass is 791 g/mol. The summed E-state index contributed by atoms with van der Waals surface area (Å²) in [5.41, 5.74) is 0.600. The van der Waals surface area contributed by atoms with E-state index < -0.39 is 60.2 Å². The van der Waals surface area contributed by atoms with Crippen LogP contribution in [0.5, 0.6) is 0 Å². The van der Waals surface area contributed by atoms with Gasteiger partial charge in [-0.15, -0.1) is 0 Å². The van der Waals surface area contributed by atoms with Crippen molar-refractivity contribution in [2.24, 2.45) is 35.5 Å². The van der Waals surface area contributed by atoms with E-state index in [-0.39, 0.29) is 66.2 Å². The second-order valence-corrected chi connectivity index (χ2v) is 16.8. The number of hydrogen-bond donors (Lipinski definition) is 4. The van der Waals surface area contributed by atoms with E-state index in [4.69, 9.17) is 21.1 Å². The number of carbonyl (C=O) groups excluding carboxylic acids is 4. The van der Waals surface area contributed by atoms with Crippen molar-refractivity contribution in [1.82, 2.24) is 25.8 Å². The van der Waals surface area contributed by atoms with Gasteiger partial charge in [-0.25, -0.2) is 4.79 Å². The zero-order valence-electron chi connectivity index (χ0n) is 34.8. The number of benzene rings is 1. The predicted molar refractivity (Wildman–Crippen MR) is 212 cm³/mol. The van der Waals surface area contributed by atoms with Crippen molar-refractivity contribution in [2.45, 2.75) is 130 Å². The number of amides is 4. The number of likely N-dealkylation sites (N-methyl/N-ethyl adjacent to an activating group) is 2. The van der Waals surface area contributed by atoms with Crippen molar-refractivity contribution in [3.8, 4) is 0 Å². The number of carboxylic acids is 1. The second kappa shape index (κ2) is 20.2. The number of carboxylic acid groups (broad SMARTS) is 1. The molecule has 1 heterocycles. The van der Waals surface area contributed by atoms with Gasteiger partial charge in [0.1, 0.15) is 12.1 Å². The Kier molecular flexibility index (Phi) is 17.0. The van der Waals surface area contributed by atoms with Crippen LogP contribution in [0.1, 0.15) is 80.2 Å². The molecule has 310 valence electrons. The molecule has 1 aliphatic heterocycles. The highest BCUT2D eigenvalue weighted by atomic mass is 35.5. The van der Waals surface area contributed by atoms with Crippen molar-refractivity contribution in [1.29, 1.82) is 0 Å². The minimum atomic E-state index is -1.22. The molecule has 1 aromatic rings. The van der Waals surface area contributed by atoms with E-state index >= 15 is 0 Å². The Bertz CT molecular complexity index is 1490. The van der Waals surface area contributed by atoms with E-state index in [0.717, 1.165) is 0 Å². The molecule has 1 aliphatic carbocycles. The molecule has 14 heteroatoms. The zero-order valence-corrected chi connectivity index (χ0v) is 35.6. The summed E-state index contributed by atoms with van der Waals surface area (Å²) in [6.45, 7) is 15.5. The van der Waals surface area contributed by atoms with Crippen LogP contribution < -0.4 is 16.0 Å². The second-order valence-electron chi connectivity index (χ2n) is 16.3. The van der Waals surface area contributed by atoms with E-state index in [0.29, 0.717) is 23.4 Å². The van der Waals surface area contributed by atoms with Gasteiger partial charge < -0.3 is 40.3 Å². The SMILES string of the molecule is CC[C@H](C)[C@@H]([C@@H](CC(=O)N1C2C(C)C2C[C@H]1[C@H](OC)[C@@H](C)C(=O)N[C@@H](Cc1ccccc1Cl)C(=O)O)OC)N(C)C(=O)[C@@H](NC(=O)[C@@H](NC)C(C)C)C(C)C. The third-order valence-corrected chi connectivity index (χ3v) is 12.5. The topological polar surface area (TPSA) is 167 Å². The smallest absolute Gasteiger partial charge is 0.326 e. The van der Waals surface area contributed by atoms with Gasteiger partial charge >= 0.3 is 5.97 Å². The van der Waals surface area contributed by atoms with E-state index in [1.54, 1.807) is 57.3 Å². The van der Waals surface area contributed by atoms with Gasteiger partial charge in [0.15, 0.2) is 0 Å². The summed E-state index contributed by atoms with van der Waals surface area (Å²) in [5, 5.41) is 19.1. The molecule has 1 saturated carbocycles. The number of hydrogen-bond acceptors (Lipinski definition) is 8. The standard InChI is InChI=1S/C41H66ClN5O8/c1-13-23(6)35(46(10)40(51)34(22(4)5)45-39(50)33(43-9)21(2)3)31(54-11)20-32(48)47-30(19-27-24(7)36(27)47)37(55-12)25(8)38(49)44-29(41(52)53)18-26-16-14-15-17-28(26)42/h14-17,21-25,27,29-31,33-37,43H,13,18-20H2,1-12H3,(H,44,49)(H,45,50)(H,52,53)/t23-,24?,25+,27?,29-,30-,31+,33-,34-,35-,36?,37+/m0/s1. The summed E-state index contributed by atoms with van der Waals surface area (Å²) in [5.74, 6) is -2.88.